The molecule has 3 nitrogen and oxygen atoms in total. The van der Waals surface area contributed by atoms with E-state index >= 15 is 0 Å². The Bertz CT molecular complexity index is 332. The zero-order valence-corrected chi connectivity index (χ0v) is 12.2. The zero-order chi connectivity index (χ0) is 13.4. The van der Waals surface area contributed by atoms with Gasteiger partial charge in [-0.15, -0.1) is 0 Å². The molecule has 19 heavy (non-hydrogen) atoms. The van der Waals surface area contributed by atoms with Crippen molar-refractivity contribution in [2.75, 3.05) is 0 Å². The smallest absolute Gasteiger partial charge is 0.226 e. The van der Waals surface area contributed by atoms with E-state index in [1.54, 1.807) is 0 Å². The van der Waals surface area contributed by atoms with Gasteiger partial charge < -0.3 is 10.6 Å². The SMILES string of the molecule is CC1CCC(N(C(=O)C2CCC(N)C2)C2CC2)CC1. The lowest BCUT2D eigenvalue weighted by Gasteiger charge is -2.38. The summed E-state index contributed by atoms with van der Waals surface area (Å²) in [5.41, 5.74) is 5.98. The first kappa shape index (κ1) is 13.4. The summed E-state index contributed by atoms with van der Waals surface area (Å²) in [7, 11) is 0. The summed E-state index contributed by atoms with van der Waals surface area (Å²) in [6.45, 7) is 2.34. The van der Waals surface area contributed by atoms with Crippen LogP contribution in [0.4, 0.5) is 0 Å². The van der Waals surface area contributed by atoms with Crippen LogP contribution in [-0.2, 0) is 4.79 Å². The van der Waals surface area contributed by atoms with Gasteiger partial charge in [-0.05, 0) is 63.7 Å². The van der Waals surface area contributed by atoms with Crippen LogP contribution >= 0.6 is 0 Å². The molecule has 1 amide bonds. The van der Waals surface area contributed by atoms with Gasteiger partial charge in [0.15, 0.2) is 0 Å². The van der Waals surface area contributed by atoms with Gasteiger partial charge in [-0.3, -0.25) is 4.79 Å². The molecule has 2 atom stereocenters. The van der Waals surface area contributed by atoms with Gasteiger partial charge in [0.25, 0.3) is 0 Å². The van der Waals surface area contributed by atoms with Gasteiger partial charge in [-0.25, -0.2) is 0 Å². The molecular weight excluding hydrogens is 236 g/mol. The first-order valence-electron chi connectivity index (χ1n) is 8.23. The van der Waals surface area contributed by atoms with Gasteiger partial charge in [-0.1, -0.05) is 6.92 Å². The van der Waals surface area contributed by atoms with E-state index < -0.39 is 0 Å². The van der Waals surface area contributed by atoms with Crippen LogP contribution < -0.4 is 5.73 Å². The average molecular weight is 264 g/mol. The Labute approximate surface area is 116 Å². The molecule has 3 saturated carbocycles. The lowest BCUT2D eigenvalue weighted by atomic mass is 9.86. The summed E-state index contributed by atoms with van der Waals surface area (Å²) in [5.74, 6) is 1.53. The Morgan fingerprint density at radius 1 is 0.947 bits per heavy atom. The molecule has 3 heteroatoms. The van der Waals surface area contributed by atoms with Crippen molar-refractivity contribution < 1.29 is 4.79 Å². The molecular formula is C16H28N2O. The number of amides is 1. The second kappa shape index (κ2) is 5.43. The minimum Gasteiger partial charge on any atom is -0.336 e. The zero-order valence-electron chi connectivity index (χ0n) is 12.2. The van der Waals surface area contributed by atoms with Crippen LogP contribution in [0.15, 0.2) is 0 Å². The van der Waals surface area contributed by atoms with E-state index in [0.29, 0.717) is 18.0 Å². The fourth-order valence-electron chi connectivity index (χ4n) is 3.98. The largest absolute Gasteiger partial charge is 0.336 e. The monoisotopic (exact) mass is 264 g/mol. The number of nitrogens with two attached hydrogens (primary N) is 1. The van der Waals surface area contributed by atoms with Crippen molar-refractivity contribution in [2.24, 2.45) is 17.6 Å². The van der Waals surface area contributed by atoms with Gasteiger partial charge in [0.05, 0.1) is 0 Å². The Morgan fingerprint density at radius 3 is 2.00 bits per heavy atom. The van der Waals surface area contributed by atoms with Gasteiger partial charge in [0.1, 0.15) is 0 Å². The lowest BCUT2D eigenvalue weighted by molar-refractivity contribution is -0.139. The number of nitrogens with zero attached hydrogens (tertiary/aromatic N) is 1. The molecule has 108 valence electrons. The molecule has 0 aliphatic heterocycles. The minimum atomic E-state index is 0.231. The number of carbonyl (C=O) groups is 1. The van der Waals surface area contributed by atoms with Crippen LogP contribution in [0.5, 0.6) is 0 Å². The van der Waals surface area contributed by atoms with Crippen LogP contribution in [0.1, 0.15) is 64.7 Å². The summed E-state index contributed by atoms with van der Waals surface area (Å²) in [6, 6.07) is 1.37. The Morgan fingerprint density at radius 2 is 1.53 bits per heavy atom. The molecule has 3 aliphatic rings. The molecule has 0 aromatic carbocycles. The third kappa shape index (κ3) is 2.96. The lowest BCUT2D eigenvalue weighted by Crippen LogP contribution is -2.46. The highest BCUT2D eigenvalue weighted by Crippen LogP contribution is 2.38. The van der Waals surface area contributed by atoms with Crippen LogP contribution in [0.3, 0.4) is 0 Å². The second-order valence-electron chi connectivity index (χ2n) is 7.16. The van der Waals surface area contributed by atoms with Gasteiger partial charge in [0.2, 0.25) is 5.91 Å². The Kier molecular flexibility index (Phi) is 3.84. The van der Waals surface area contributed by atoms with E-state index in [0.717, 1.165) is 25.2 Å². The number of hydrogen-bond donors (Lipinski definition) is 1. The standard InChI is InChI=1S/C16H28N2O/c1-11-2-6-14(7-3-11)18(15-8-9-15)16(19)12-4-5-13(17)10-12/h11-15H,2-10,17H2,1H3. The predicted molar refractivity (Wildman–Crippen MR) is 76.6 cm³/mol. The van der Waals surface area contributed by atoms with Crippen molar-refractivity contribution in [3.63, 3.8) is 0 Å². The third-order valence-corrected chi connectivity index (χ3v) is 5.40. The summed E-state index contributed by atoms with van der Waals surface area (Å²) >= 11 is 0. The molecule has 0 bridgehead atoms. The molecule has 2 unspecified atom stereocenters. The van der Waals surface area contributed by atoms with E-state index in [4.69, 9.17) is 5.73 Å². The quantitative estimate of drug-likeness (QED) is 0.852. The van der Waals surface area contributed by atoms with Gasteiger partial charge >= 0.3 is 0 Å². The van der Waals surface area contributed by atoms with Crippen molar-refractivity contribution in [1.82, 2.24) is 4.90 Å². The molecule has 0 spiro atoms. The van der Waals surface area contributed by atoms with Crippen LogP contribution in [0.25, 0.3) is 0 Å². The van der Waals surface area contributed by atoms with Gasteiger partial charge in [0, 0.05) is 24.0 Å². The maximum absolute atomic E-state index is 12.8. The molecule has 0 heterocycles. The first-order chi connectivity index (χ1) is 9.15. The Hall–Kier alpha value is -0.570. The first-order valence-corrected chi connectivity index (χ1v) is 8.23. The molecule has 2 N–H and O–H groups in total. The summed E-state index contributed by atoms with van der Waals surface area (Å²) in [6.07, 6.45) is 10.5. The molecule has 0 radical (unpaired) electrons. The van der Waals surface area contributed by atoms with Crippen molar-refractivity contribution in [3.05, 3.63) is 0 Å². The van der Waals surface area contributed by atoms with Crippen molar-refractivity contribution >= 4 is 5.91 Å². The molecule has 0 aromatic rings. The highest BCUT2D eigenvalue weighted by molar-refractivity contribution is 5.80. The third-order valence-electron chi connectivity index (χ3n) is 5.40. The highest BCUT2D eigenvalue weighted by atomic mass is 16.2. The maximum Gasteiger partial charge on any atom is 0.226 e. The fraction of sp³-hybridized carbons (Fsp3) is 0.938. The van der Waals surface area contributed by atoms with E-state index in [1.807, 2.05) is 0 Å². The van der Waals surface area contributed by atoms with Crippen molar-refractivity contribution in [3.8, 4) is 0 Å². The number of rotatable bonds is 3. The predicted octanol–water partition coefficient (Wildman–Crippen LogP) is 2.68. The topological polar surface area (TPSA) is 46.3 Å². The summed E-state index contributed by atoms with van der Waals surface area (Å²) in [4.78, 5) is 15.1. The van der Waals surface area contributed by atoms with Crippen LogP contribution in [0.2, 0.25) is 0 Å². The van der Waals surface area contributed by atoms with E-state index in [9.17, 15) is 4.79 Å². The summed E-state index contributed by atoms with van der Waals surface area (Å²) in [5, 5.41) is 0. The molecule has 3 rings (SSSR count). The number of hydrogen-bond acceptors (Lipinski definition) is 2. The van der Waals surface area contributed by atoms with Crippen molar-refractivity contribution in [2.45, 2.75) is 82.8 Å². The van der Waals surface area contributed by atoms with E-state index in [-0.39, 0.29) is 12.0 Å². The average Bonchev–Trinajstić information content (AvgIpc) is 3.13. The fourth-order valence-corrected chi connectivity index (χ4v) is 3.98. The van der Waals surface area contributed by atoms with Crippen LogP contribution in [-0.4, -0.2) is 28.9 Å². The molecule has 0 saturated heterocycles. The van der Waals surface area contributed by atoms with Crippen LogP contribution in [0, 0.1) is 11.8 Å². The second-order valence-corrected chi connectivity index (χ2v) is 7.16. The molecule has 0 aromatic heterocycles. The van der Waals surface area contributed by atoms with Crippen molar-refractivity contribution in [1.29, 1.82) is 0 Å². The van der Waals surface area contributed by atoms with E-state index in [2.05, 4.69) is 11.8 Å². The molecule has 3 fully saturated rings. The van der Waals surface area contributed by atoms with Gasteiger partial charge in [-0.2, -0.15) is 0 Å². The Balaban J connectivity index is 1.65. The molecule has 3 aliphatic carbocycles. The summed E-state index contributed by atoms with van der Waals surface area (Å²) < 4.78 is 0. The highest BCUT2D eigenvalue weighted by Gasteiger charge is 2.42. The normalized spacial score (nSPS) is 39.3. The minimum absolute atomic E-state index is 0.231. The van der Waals surface area contributed by atoms with E-state index in [1.165, 1.54) is 38.5 Å². The maximum atomic E-state index is 12.8. The number of carbonyl (C=O) groups excluding carboxylic acids is 1.